The average molecular weight is 316 g/mol. The Morgan fingerprint density at radius 1 is 1.45 bits per heavy atom. The summed E-state index contributed by atoms with van der Waals surface area (Å²) in [6, 6.07) is 5.55. The second-order valence-corrected chi connectivity index (χ2v) is 6.00. The molecule has 0 unspecified atom stereocenters. The van der Waals surface area contributed by atoms with Crippen LogP contribution in [-0.4, -0.2) is 29.0 Å². The third-order valence-electron chi connectivity index (χ3n) is 2.46. The van der Waals surface area contributed by atoms with Gasteiger partial charge >= 0.3 is 5.97 Å². The molecule has 2 aromatic rings. The number of anilines is 1. The average Bonchev–Trinajstić information content (AvgIpc) is 2.71. The Kier molecular flexibility index (Phi) is 3.69. The van der Waals surface area contributed by atoms with Crippen molar-refractivity contribution in [3.63, 3.8) is 0 Å². The van der Waals surface area contributed by atoms with Crippen LogP contribution in [0.5, 0.6) is 0 Å². The Bertz CT molecular complexity index is 770. The van der Waals surface area contributed by atoms with Crippen molar-refractivity contribution in [3.8, 4) is 0 Å². The first-order chi connectivity index (χ1) is 9.29. The normalized spacial score (nSPS) is 11.3. The van der Waals surface area contributed by atoms with Crippen molar-refractivity contribution in [2.24, 2.45) is 7.05 Å². The summed E-state index contributed by atoms with van der Waals surface area (Å²) in [4.78, 5) is 14.5. The fraction of sp³-hybridized carbons (Fsp3) is 0.0909. The topological polar surface area (TPSA) is 101 Å². The van der Waals surface area contributed by atoms with E-state index in [-0.39, 0.29) is 21.6 Å². The number of aromatic carboxylic acids is 1. The highest BCUT2D eigenvalue weighted by Crippen LogP contribution is 2.18. The van der Waals surface area contributed by atoms with Crippen molar-refractivity contribution in [1.29, 1.82) is 0 Å². The Hall–Kier alpha value is -2.06. The predicted octanol–water partition coefficient (Wildman–Crippen LogP) is 1.57. The third-order valence-corrected chi connectivity index (χ3v) is 4.00. The number of rotatable bonds is 4. The number of hydrogen-bond donors (Lipinski definition) is 2. The molecule has 0 aliphatic carbocycles. The highest BCUT2D eigenvalue weighted by molar-refractivity contribution is 7.92. The maximum Gasteiger partial charge on any atom is 0.352 e. The fourth-order valence-corrected chi connectivity index (χ4v) is 2.79. The molecule has 2 rings (SSSR count). The minimum absolute atomic E-state index is 0.0539. The molecule has 0 bridgehead atoms. The van der Waals surface area contributed by atoms with E-state index in [1.807, 2.05) is 0 Å². The van der Waals surface area contributed by atoms with E-state index in [1.165, 1.54) is 29.9 Å². The number of carbonyl (C=O) groups is 1. The van der Waals surface area contributed by atoms with Gasteiger partial charge in [0.25, 0.3) is 10.0 Å². The maximum atomic E-state index is 12.1. The largest absolute Gasteiger partial charge is 0.477 e. The molecule has 0 fully saturated rings. The summed E-state index contributed by atoms with van der Waals surface area (Å²) in [5.74, 6) is -1.16. The van der Waals surface area contributed by atoms with E-state index in [2.05, 4.69) is 9.71 Å². The van der Waals surface area contributed by atoms with Crippen molar-refractivity contribution in [2.45, 2.75) is 4.90 Å². The first-order valence-electron chi connectivity index (χ1n) is 5.34. The van der Waals surface area contributed by atoms with Crippen LogP contribution in [0.2, 0.25) is 5.15 Å². The lowest BCUT2D eigenvalue weighted by Crippen LogP contribution is -2.13. The van der Waals surface area contributed by atoms with Gasteiger partial charge in [0.1, 0.15) is 21.6 Å². The van der Waals surface area contributed by atoms with Crippen molar-refractivity contribution >= 4 is 33.4 Å². The highest BCUT2D eigenvalue weighted by atomic mass is 35.5. The van der Waals surface area contributed by atoms with E-state index in [9.17, 15) is 13.2 Å². The lowest BCUT2D eigenvalue weighted by atomic mass is 10.4. The van der Waals surface area contributed by atoms with Crippen LogP contribution in [0.1, 0.15) is 10.5 Å². The van der Waals surface area contributed by atoms with Crippen LogP contribution in [-0.2, 0) is 17.1 Å². The van der Waals surface area contributed by atoms with Crippen molar-refractivity contribution in [3.05, 3.63) is 41.3 Å². The zero-order valence-electron chi connectivity index (χ0n) is 10.2. The molecule has 2 heterocycles. The number of aromatic nitrogens is 2. The van der Waals surface area contributed by atoms with Gasteiger partial charge in [-0.15, -0.1) is 0 Å². The van der Waals surface area contributed by atoms with Gasteiger partial charge in [-0.2, -0.15) is 0 Å². The van der Waals surface area contributed by atoms with Gasteiger partial charge < -0.3 is 9.67 Å². The number of aryl methyl sites for hydroxylation is 1. The molecule has 0 atom stereocenters. The molecule has 9 heteroatoms. The molecule has 0 aliphatic rings. The summed E-state index contributed by atoms with van der Waals surface area (Å²) in [6.07, 6.45) is 1.20. The number of nitrogens with zero attached hydrogens (tertiary/aromatic N) is 2. The van der Waals surface area contributed by atoms with Gasteiger partial charge in [0.15, 0.2) is 0 Å². The molecule has 0 saturated carbocycles. The first-order valence-corrected chi connectivity index (χ1v) is 7.21. The predicted molar refractivity (Wildman–Crippen MR) is 72.4 cm³/mol. The highest BCUT2D eigenvalue weighted by Gasteiger charge is 2.20. The summed E-state index contributed by atoms with van der Waals surface area (Å²) < 4.78 is 27.6. The molecule has 0 aromatic carbocycles. The van der Waals surface area contributed by atoms with E-state index in [4.69, 9.17) is 16.7 Å². The van der Waals surface area contributed by atoms with Gasteiger partial charge in [-0.25, -0.2) is 18.2 Å². The lowest BCUT2D eigenvalue weighted by molar-refractivity contribution is 0.0686. The summed E-state index contributed by atoms with van der Waals surface area (Å²) in [5.41, 5.74) is -0.135. The number of sulfonamides is 1. The Morgan fingerprint density at radius 3 is 2.70 bits per heavy atom. The molecular weight excluding hydrogens is 306 g/mol. The van der Waals surface area contributed by atoms with E-state index in [0.29, 0.717) is 0 Å². The van der Waals surface area contributed by atoms with E-state index >= 15 is 0 Å². The minimum Gasteiger partial charge on any atom is -0.477 e. The summed E-state index contributed by atoms with van der Waals surface area (Å²) >= 11 is 5.66. The van der Waals surface area contributed by atoms with Crippen LogP contribution >= 0.6 is 11.6 Å². The van der Waals surface area contributed by atoms with Crippen LogP contribution in [0, 0.1) is 0 Å². The van der Waals surface area contributed by atoms with E-state index in [1.54, 1.807) is 6.07 Å². The van der Waals surface area contributed by atoms with Crippen molar-refractivity contribution in [1.82, 2.24) is 9.55 Å². The number of halogens is 1. The van der Waals surface area contributed by atoms with E-state index < -0.39 is 16.0 Å². The minimum atomic E-state index is -3.92. The van der Waals surface area contributed by atoms with Gasteiger partial charge in [-0.3, -0.25) is 4.72 Å². The molecule has 20 heavy (non-hydrogen) atoms. The van der Waals surface area contributed by atoms with Gasteiger partial charge in [0.05, 0.1) is 0 Å². The lowest BCUT2D eigenvalue weighted by Gasteiger charge is -2.05. The Morgan fingerprint density at radius 2 is 2.15 bits per heavy atom. The molecule has 0 radical (unpaired) electrons. The van der Waals surface area contributed by atoms with Crippen LogP contribution in [0.25, 0.3) is 0 Å². The zero-order valence-corrected chi connectivity index (χ0v) is 11.8. The Balaban J connectivity index is 2.36. The number of carboxylic acids is 1. The maximum absolute atomic E-state index is 12.1. The number of hydrogen-bond acceptors (Lipinski definition) is 4. The van der Waals surface area contributed by atoms with Crippen LogP contribution in [0.15, 0.2) is 35.4 Å². The molecule has 106 valence electrons. The molecule has 0 amide bonds. The number of carboxylic acid groups (broad SMARTS) is 1. The number of nitrogens with one attached hydrogen (secondary N) is 1. The standard InChI is InChI=1S/C11H10ClN3O4S/c1-15-6-7(5-8(15)11(16)17)20(18,19)14-10-4-2-3-9(12)13-10/h2-6H,1H3,(H,13,14)(H,16,17). The Labute approximate surface area is 119 Å². The summed E-state index contributed by atoms with van der Waals surface area (Å²) in [6.45, 7) is 0. The first kappa shape index (κ1) is 14.4. The molecule has 0 aliphatic heterocycles. The second-order valence-electron chi connectivity index (χ2n) is 3.93. The second kappa shape index (κ2) is 5.14. The van der Waals surface area contributed by atoms with Crippen molar-refractivity contribution < 1.29 is 18.3 Å². The van der Waals surface area contributed by atoms with Crippen LogP contribution < -0.4 is 4.72 Å². The summed E-state index contributed by atoms with van der Waals surface area (Å²) in [7, 11) is -2.48. The summed E-state index contributed by atoms with van der Waals surface area (Å²) in [5, 5.41) is 9.05. The SMILES string of the molecule is Cn1cc(S(=O)(=O)Nc2cccc(Cl)n2)cc1C(=O)O. The fourth-order valence-electron chi connectivity index (χ4n) is 1.56. The monoisotopic (exact) mass is 315 g/mol. The van der Waals surface area contributed by atoms with Crippen molar-refractivity contribution in [2.75, 3.05) is 4.72 Å². The smallest absolute Gasteiger partial charge is 0.352 e. The number of pyridine rings is 1. The molecule has 2 aromatic heterocycles. The van der Waals surface area contributed by atoms with E-state index in [0.717, 1.165) is 6.07 Å². The quantitative estimate of drug-likeness (QED) is 0.834. The van der Waals surface area contributed by atoms with Crippen LogP contribution in [0.3, 0.4) is 0 Å². The molecule has 0 saturated heterocycles. The van der Waals surface area contributed by atoms with Gasteiger partial charge in [0.2, 0.25) is 0 Å². The molecule has 2 N–H and O–H groups in total. The van der Waals surface area contributed by atoms with Gasteiger partial charge in [-0.1, -0.05) is 17.7 Å². The molecule has 7 nitrogen and oxygen atoms in total. The molecular formula is C11H10ClN3O4S. The van der Waals surface area contributed by atoms with Crippen LogP contribution in [0.4, 0.5) is 5.82 Å². The van der Waals surface area contributed by atoms with Gasteiger partial charge in [0, 0.05) is 13.2 Å². The zero-order chi connectivity index (χ0) is 14.9. The third kappa shape index (κ3) is 2.91. The molecule has 0 spiro atoms. The van der Waals surface area contributed by atoms with Gasteiger partial charge in [-0.05, 0) is 18.2 Å².